The molecule has 0 amide bonds. The number of rotatable bonds is 7. The summed E-state index contributed by atoms with van der Waals surface area (Å²) in [5.41, 5.74) is -1.04. The minimum Gasteiger partial charge on any atom is -0.480 e. The van der Waals surface area contributed by atoms with Crippen molar-refractivity contribution in [2.75, 3.05) is 19.8 Å². The van der Waals surface area contributed by atoms with Crippen molar-refractivity contribution in [1.82, 2.24) is 5.32 Å². The van der Waals surface area contributed by atoms with Gasteiger partial charge in [-0.3, -0.25) is 10.1 Å². The molecule has 1 fully saturated rings. The van der Waals surface area contributed by atoms with Crippen LogP contribution in [0.4, 0.5) is 0 Å². The molecule has 1 saturated heterocycles. The van der Waals surface area contributed by atoms with Gasteiger partial charge in [0.05, 0.1) is 19.3 Å². The Labute approximate surface area is 109 Å². The van der Waals surface area contributed by atoms with Crippen LogP contribution in [0.25, 0.3) is 0 Å². The smallest absolute Gasteiger partial charge is 0.326 e. The third-order valence-corrected chi connectivity index (χ3v) is 3.05. The quantitative estimate of drug-likeness (QED) is 0.723. The van der Waals surface area contributed by atoms with E-state index in [1.54, 1.807) is 6.92 Å². The van der Waals surface area contributed by atoms with E-state index in [9.17, 15) is 9.90 Å². The maximum atomic E-state index is 11.3. The highest BCUT2D eigenvalue weighted by Gasteiger charge is 2.34. The summed E-state index contributed by atoms with van der Waals surface area (Å²) < 4.78 is 11.1. The van der Waals surface area contributed by atoms with E-state index < -0.39 is 11.5 Å². The SMILES string of the molecule is CC(C)NC(C)(COCC1CCCCO1)C(=O)O. The number of aliphatic carboxylic acids is 1. The van der Waals surface area contributed by atoms with Gasteiger partial charge in [0.15, 0.2) is 0 Å². The molecule has 106 valence electrons. The third-order valence-electron chi connectivity index (χ3n) is 3.05. The average molecular weight is 259 g/mol. The molecule has 1 aliphatic heterocycles. The monoisotopic (exact) mass is 259 g/mol. The Morgan fingerprint density at radius 1 is 1.56 bits per heavy atom. The summed E-state index contributed by atoms with van der Waals surface area (Å²) in [6.45, 7) is 6.91. The van der Waals surface area contributed by atoms with Crippen LogP contribution in [0.1, 0.15) is 40.0 Å². The molecule has 1 aliphatic rings. The lowest BCUT2D eigenvalue weighted by Gasteiger charge is -2.30. The first-order valence-corrected chi connectivity index (χ1v) is 6.64. The standard InChI is InChI=1S/C13H25NO4/c1-10(2)14-13(3,12(15)16)9-17-8-11-6-4-5-7-18-11/h10-11,14H,4-9H2,1-3H3,(H,15,16). The van der Waals surface area contributed by atoms with Gasteiger partial charge in [-0.05, 0) is 40.0 Å². The Bertz CT molecular complexity index is 264. The number of hydrogen-bond donors (Lipinski definition) is 2. The minimum atomic E-state index is -1.04. The number of carboxylic acids is 1. The Morgan fingerprint density at radius 3 is 2.78 bits per heavy atom. The average Bonchev–Trinajstić information content (AvgIpc) is 2.29. The van der Waals surface area contributed by atoms with E-state index in [2.05, 4.69) is 5.32 Å². The van der Waals surface area contributed by atoms with Crippen molar-refractivity contribution in [2.24, 2.45) is 0 Å². The Kier molecular flexibility index (Phi) is 6.05. The van der Waals surface area contributed by atoms with Crippen molar-refractivity contribution < 1.29 is 19.4 Å². The van der Waals surface area contributed by atoms with Crippen LogP contribution in [0.2, 0.25) is 0 Å². The summed E-state index contributed by atoms with van der Waals surface area (Å²) in [6.07, 6.45) is 3.39. The van der Waals surface area contributed by atoms with E-state index in [-0.39, 0.29) is 18.8 Å². The molecule has 0 bridgehead atoms. The minimum absolute atomic E-state index is 0.0978. The number of hydrogen-bond acceptors (Lipinski definition) is 4. The number of nitrogens with one attached hydrogen (secondary N) is 1. The van der Waals surface area contributed by atoms with E-state index in [4.69, 9.17) is 9.47 Å². The summed E-state index contributed by atoms with van der Waals surface area (Å²) in [5.74, 6) is -0.888. The van der Waals surface area contributed by atoms with E-state index in [0.29, 0.717) is 6.61 Å². The molecule has 2 N–H and O–H groups in total. The lowest BCUT2D eigenvalue weighted by atomic mass is 10.0. The van der Waals surface area contributed by atoms with Gasteiger partial charge in [-0.2, -0.15) is 0 Å². The first kappa shape index (κ1) is 15.4. The normalized spacial score (nSPS) is 23.9. The van der Waals surface area contributed by atoms with Crippen LogP contribution in [0.3, 0.4) is 0 Å². The molecule has 0 saturated carbocycles. The molecule has 0 aromatic carbocycles. The zero-order chi connectivity index (χ0) is 13.6. The second-order valence-corrected chi connectivity index (χ2v) is 5.44. The fourth-order valence-electron chi connectivity index (χ4n) is 2.14. The number of ether oxygens (including phenoxy) is 2. The molecule has 5 heteroatoms. The van der Waals surface area contributed by atoms with Crippen LogP contribution in [-0.4, -0.2) is 48.6 Å². The Morgan fingerprint density at radius 2 is 2.28 bits per heavy atom. The molecular weight excluding hydrogens is 234 g/mol. The predicted octanol–water partition coefficient (Wildman–Crippen LogP) is 1.41. The van der Waals surface area contributed by atoms with Crippen LogP contribution in [0, 0.1) is 0 Å². The van der Waals surface area contributed by atoms with Gasteiger partial charge in [-0.1, -0.05) is 0 Å². The third kappa shape index (κ3) is 4.92. The maximum absolute atomic E-state index is 11.3. The zero-order valence-electron chi connectivity index (χ0n) is 11.6. The summed E-state index contributed by atoms with van der Waals surface area (Å²) in [7, 11) is 0. The maximum Gasteiger partial charge on any atom is 0.326 e. The van der Waals surface area contributed by atoms with Gasteiger partial charge in [-0.15, -0.1) is 0 Å². The molecule has 0 aromatic heterocycles. The van der Waals surface area contributed by atoms with E-state index in [0.717, 1.165) is 25.9 Å². The van der Waals surface area contributed by atoms with E-state index in [1.165, 1.54) is 0 Å². The molecule has 0 radical (unpaired) electrons. The summed E-state index contributed by atoms with van der Waals surface area (Å²) >= 11 is 0. The van der Waals surface area contributed by atoms with Crippen LogP contribution < -0.4 is 5.32 Å². The second-order valence-electron chi connectivity index (χ2n) is 5.44. The predicted molar refractivity (Wildman–Crippen MR) is 68.7 cm³/mol. The lowest BCUT2D eigenvalue weighted by molar-refractivity contribution is -0.148. The second kappa shape index (κ2) is 7.07. The molecule has 1 rings (SSSR count). The molecule has 2 atom stereocenters. The summed E-state index contributed by atoms with van der Waals surface area (Å²) in [5, 5.41) is 12.3. The van der Waals surface area contributed by atoms with Crippen LogP contribution in [-0.2, 0) is 14.3 Å². The van der Waals surface area contributed by atoms with Crippen molar-refractivity contribution in [1.29, 1.82) is 0 Å². The van der Waals surface area contributed by atoms with Crippen molar-refractivity contribution in [3.05, 3.63) is 0 Å². The van der Waals surface area contributed by atoms with Gasteiger partial charge in [0, 0.05) is 12.6 Å². The molecule has 18 heavy (non-hydrogen) atoms. The van der Waals surface area contributed by atoms with Gasteiger partial charge in [-0.25, -0.2) is 0 Å². The van der Waals surface area contributed by atoms with Crippen LogP contribution in [0.15, 0.2) is 0 Å². The molecule has 5 nitrogen and oxygen atoms in total. The van der Waals surface area contributed by atoms with Gasteiger partial charge in [0.25, 0.3) is 0 Å². The van der Waals surface area contributed by atoms with Crippen molar-refractivity contribution in [3.8, 4) is 0 Å². The fourth-order valence-corrected chi connectivity index (χ4v) is 2.14. The fraction of sp³-hybridized carbons (Fsp3) is 0.923. The van der Waals surface area contributed by atoms with Crippen LogP contribution in [0.5, 0.6) is 0 Å². The molecule has 0 spiro atoms. The first-order chi connectivity index (χ1) is 8.44. The molecule has 1 heterocycles. The Hall–Kier alpha value is -0.650. The largest absolute Gasteiger partial charge is 0.480 e. The van der Waals surface area contributed by atoms with E-state index in [1.807, 2.05) is 13.8 Å². The van der Waals surface area contributed by atoms with Gasteiger partial charge in [0.1, 0.15) is 5.54 Å². The number of carbonyl (C=O) groups is 1. The van der Waals surface area contributed by atoms with Crippen molar-refractivity contribution >= 4 is 5.97 Å². The van der Waals surface area contributed by atoms with Gasteiger partial charge < -0.3 is 14.6 Å². The molecular formula is C13H25NO4. The zero-order valence-corrected chi connectivity index (χ0v) is 11.6. The molecule has 0 aliphatic carbocycles. The summed E-state index contributed by atoms with van der Waals surface area (Å²) in [6, 6.07) is 0.0978. The highest BCUT2D eigenvalue weighted by Crippen LogP contribution is 2.14. The van der Waals surface area contributed by atoms with E-state index >= 15 is 0 Å². The Balaban J connectivity index is 2.35. The van der Waals surface area contributed by atoms with Crippen molar-refractivity contribution in [2.45, 2.75) is 57.7 Å². The van der Waals surface area contributed by atoms with Crippen molar-refractivity contribution in [3.63, 3.8) is 0 Å². The lowest BCUT2D eigenvalue weighted by Crippen LogP contribution is -2.55. The molecule has 0 aromatic rings. The summed E-state index contributed by atoms with van der Waals surface area (Å²) in [4.78, 5) is 11.3. The van der Waals surface area contributed by atoms with Gasteiger partial charge >= 0.3 is 5.97 Å². The van der Waals surface area contributed by atoms with Crippen LogP contribution >= 0.6 is 0 Å². The highest BCUT2D eigenvalue weighted by molar-refractivity contribution is 5.78. The highest BCUT2D eigenvalue weighted by atomic mass is 16.5. The molecule has 2 unspecified atom stereocenters. The van der Waals surface area contributed by atoms with Gasteiger partial charge in [0.2, 0.25) is 0 Å². The number of carboxylic acid groups (broad SMARTS) is 1. The first-order valence-electron chi connectivity index (χ1n) is 6.64. The topological polar surface area (TPSA) is 67.8 Å².